The van der Waals surface area contributed by atoms with Crippen molar-refractivity contribution in [3.05, 3.63) is 35.9 Å². The third-order valence-electron chi connectivity index (χ3n) is 4.80. The fraction of sp³-hybridized carbons (Fsp3) is 0.526. The predicted molar refractivity (Wildman–Crippen MR) is 105 cm³/mol. The van der Waals surface area contributed by atoms with Crippen LogP contribution in [0.4, 0.5) is 16.3 Å². The number of carbonyl (C=O) groups is 1. The zero-order valence-corrected chi connectivity index (χ0v) is 16.3. The van der Waals surface area contributed by atoms with E-state index in [1.807, 2.05) is 30.0 Å². The van der Waals surface area contributed by atoms with Gasteiger partial charge in [0.25, 0.3) is 0 Å². The number of urea groups is 1. The fourth-order valence-corrected chi connectivity index (χ4v) is 3.22. The monoisotopic (exact) mass is 372 g/mol. The Labute approximate surface area is 160 Å². The number of amides is 2. The molecule has 1 aliphatic rings. The summed E-state index contributed by atoms with van der Waals surface area (Å²) in [5.74, 6) is 1.79. The van der Waals surface area contributed by atoms with Gasteiger partial charge in [-0.05, 0) is 32.9 Å². The SMILES string of the molecule is CCN(CC)c1ccc(NC(=O)N2CCN(Cc3cc(C)no3)CC2)cn1. The smallest absolute Gasteiger partial charge is 0.321 e. The Bertz CT molecular complexity index is 733. The standard InChI is InChI=1S/C19H28N6O2/c1-4-24(5-2)18-7-6-16(13-20-18)21-19(26)25-10-8-23(9-11-25)14-17-12-15(3)22-27-17/h6-7,12-13H,4-5,8-11,14H2,1-3H3,(H,21,26). The Hall–Kier alpha value is -2.61. The Kier molecular flexibility index (Phi) is 6.28. The van der Waals surface area contributed by atoms with E-state index in [0.717, 1.165) is 55.7 Å². The van der Waals surface area contributed by atoms with E-state index in [1.165, 1.54) is 0 Å². The average molecular weight is 372 g/mol. The van der Waals surface area contributed by atoms with Crippen molar-refractivity contribution in [1.82, 2.24) is 19.9 Å². The van der Waals surface area contributed by atoms with Crippen LogP contribution in [-0.2, 0) is 6.54 Å². The number of nitrogens with zero attached hydrogens (tertiary/aromatic N) is 5. The first-order chi connectivity index (χ1) is 13.1. The summed E-state index contributed by atoms with van der Waals surface area (Å²) in [5.41, 5.74) is 1.61. The summed E-state index contributed by atoms with van der Waals surface area (Å²) in [4.78, 5) is 23.2. The van der Waals surface area contributed by atoms with Gasteiger partial charge in [0.1, 0.15) is 5.82 Å². The second kappa shape index (κ2) is 8.85. The number of nitrogens with one attached hydrogen (secondary N) is 1. The summed E-state index contributed by atoms with van der Waals surface area (Å²) >= 11 is 0. The highest BCUT2D eigenvalue weighted by Crippen LogP contribution is 2.15. The molecule has 0 aliphatic carbocycles. The predicted octanol–water partition coefficient (Wildman–Crippen LogP) is 2.57. The summed E-state index contributed by atoms with van der Waals surface area (Å²) in [6, 6.07) is 5.72. The second-order valence-electron chi connectivity index (χ2n) is 6.71. The molecule has 0 aromatic carbocycles. The lowest BCUT2D eigenvalue weighted by molar-refractivity contribution is 0.134. The quantitative estimate of drug-likeness (QED) is 0.840. The number of pyridine rings is 1. The molecule has 27 heavy (non-hydrogen) atoms. The van der Waals surface area contributed by atoms with Crippen LogP contribution in [-0.4, -0.2) is 65.2 Å². The minimum Gasteiger partial charge on any atom is -0.360 e. The van der Waals surface area contributed by atoms with Crippen molar-refractivity contribution in [3.63, 3.8) is 0 Å². The van der Waals surface area contributed by atoms with E-state index < -0.39 is 0 Å². The number of piperazine rings is 1. The van der Waals surface area contributed by atoms with Crippen molar-refractivity contribution in [2.45, 2.75) is 27.3 Å². The minimum atomic E-state index is -0.0810. The molecule has 2 amide bonds. The lowest BCUT2D eigenvalue weighted by Crippen LogP contribution is -2.49. The zero-order chi connectivity index (χ0) is 19.2. The van der Waals surface area contributed by atoms with Crippen molar-refractivity contribution < 1.29 is 9.32 Å². The maximum Gasteiger partial charge on any atom is 0.321 e. The molecule has 0 bridgehead atoms. The Balaban J connectivity index is 1.48. The number of hydrogen-bond acceptors (Lipinski definition) is 6. The van der Waals surface area contributed by atoms with E-state index in [-0.39, 0.29) is 6.03 Å². The summed E-state index contributed by atoms with van der Waals surface area (Å²) in [5, 5.41) is 6.86. The van der Waals surface area contributed by atoms with Crippen LogP contribution in [0.25, 0.3) is 0 Å². The van der Waals surface area contributed by atoms with E-state index in [0.29, 0.717) is 13.1 Å². The number of carbonyl (C=O) groups excluding carboxylic acids is 1. The van der Waals surface area contributed by atoms with Gasteiger partial charge < -0.3 is 19.6 Å². The fourth-order valence-electron chi connectivity index (χ4n) is 3.22. The van der Waals surface area contributed by atoms with Crippen molar-refractivity contribution >= 4 is 17.5 Å². The minimum absolute atomic E-state index is 0.0810. The molecule has 2 aromatic heterocycles. The summed E-state index contributed by atoms with van der Waals surface area (Å²) in [6.45, 7) is 11.7. The van der Waals surface area contributed by atoms with Crippen LogP contribution < -0.4 is 10.2 Å². The van der Waals surface area contributed by atoms with Crippen LogP contribution in [0.15, 0.2) is 28.9 Å². The highest BCUT2D eigenvalue weighted by molar-refractivity contribution is 5.89. The van der Waals surface area contributed by atoms with E-state index in [2.05, 4.69) is 39.1 Å². The third-order valence-corrected chi connectivity index (χ3v) is 4.80. The highest BCUT2D eigenvalue weighted by atomic mass is 16.5. The average Bonchev–Trinajstić information content (AvgIpc) is 3.09. The number of aryl methyl sites for hydroxylation is 1. The molecule has 0 saturated carbocycles. The van der Waals surface area contributed by atoms with Crippen molar-refractivity contribution in [2.24, 2.45) is 0 Å². The lowest BCUT2D eigenvalue weighted by atomic mass is 10.3. The molecule has 8 heteroatoms. The van der Waals surface area contributed by atoms with Crippen LogP contribution in [0, 0.1) is 6.92 Å². The van der Waals surface area contributed by atoms with Gasteiger partial charge >= 0.3 is 6.03 Å². The summed E-state index contributed by atoms with van der Waals surface area (Å²) in [7, 11) is 0. The molecule has 0 spiro atoms. The maximum atomic E-state index is 12.5. The van der Waals surface area contributed by atoms with Crippen molar-refractivity contribution in [1.29, 1.82) is 0 Å². The number of rotatable bonds is 6. The van der Waals surface area contributed by atoms with Crippen molar-refractivity contribution in [2.75, 3.05) is 49.5 Å². The number of hydrogen-bond donors (Lipinski definition) is 1. The second-order valence-corrected chi connectivity index (χ2v) is 6.71. The van der Waals surface area contributed by atoms with Crippen LogP contribution >= 0.6 is 0 Å². The van der Waals surface area contributed by atoms with Crippen LogP contribution in [0.2, 0.25) is 0 Å². The van der Waals surface area contributed by atoms with E-state index in [1.54, 1.807) is 6.20 Å². The van der Waals surface area contributed by atoms with Crippen LogP contribution in [0.1, 0.15) is 25.3 Å². The van der Waals surface area contributed by atoms with Gasteiger partial charge in [0.15, 0.2) is 5.76 Å². The first kappa shape index (κ1) is 19.2. The van der Waals surface area contributed by atoms with Crippen molar-refractivity contribution in [3.8, 4) is 0 Å². The van der Waals surface area contributed by atoms with Gasteiger partial charge in [-0.2, -0.15) is 0 Å². The van der Waals surface area contributed by atoms with Gasteiger partial charge in [0.05, 0.1) is 24.1 Å². The summed E-state index contributed by atoms with van der Waals surface area (Å²) in [6.07, 6.45) is 1.72. The molecule has 1 N–H and O–H groups in total. The van der Waals surface area contributed by atoms with Gasteiger partial charge in [-0.1, -0.05) is 5.16 Å². The lowest BCUT2D eigenvalue weighted by Gasteiger charge is -2.34. The third kappa shape index (κ3) is 4.97. The molecule has 1 saturated heterocycles. The molecule has 1 fully saturated rings. The van der Waals surface area contributed by atoms with E-state index >= 15 is 0 Å². The number of anilines is 2. The van der Waals surface area contributed by atoms with Gasteiger partial charge in [-0.3, -0.25) is 4.90 Å². The van der Waals surface area contributed by atoms with Gasteiger partial charge in [0.2, 0.25) is 0 Å². The molecule has 1 aliphatic heterocycles. The normalized spacial score (nSPS) is 15.0. The maximum absolute atomic E-state index is 12.5. The van der Waals surface area contributed by atoms with Crippen LogP contribution in [0.5, 0.6) is 0 Å². The molecular formula is C19H28N6O2. The molecule has 8 nitrogen and oxygen atoms in total. The van der Waals surface area contributed by atoms with E-state index in [4.69, 9.17) is 4.52 Å². The topological polar surface area (TPSA) is 77.7 Å². The molecule has 3 heterocycles. The summed E-state index contributed by atoms with van der Waals surface area (Å²) < 4.78 is 5.27. The van der Waals surface area contributed by atoms with Gasteiger partial charge in [-0.15, -0.1) is 0 Å². The number of aromatic nitrogens is 2. The van der Waals surface area contributed by atoms with Gasteiger partial charge in [0, 0.05) is 45.3 Å². The highest BCUT2D eigenvalue weighted by Gasteiger charge is 2.22. The Morgan fingerprint density at radius 2 is 1.96 bits per heavy atom. The van der Waals surface area contributed by atoms with Gasteiger partial charge in [-0.25, -0.2) is 9.78 Å². The first-order valence-electron chi connectivity index (χ1n) is 9.50. The largest absolute Gasteiger partial charge is 0.360 e. The molecule has 0 unspecified atom stereocenters. The first-order valence-corrected chi connectivity index (χ1v) is 9.50. The molecule has 0 radical (unpaired) electrons. The molecule has 146 valence electrons. The molecular weight excluding hydrogens is 344 g/mol. The molecule has 3 rings (SSSR count). The Morgan fingerprint density at radius 3 is 2.52 bits per heavy atom. The molecule has 2 aromatic rings. The van der Waals surface area contributed by atoms with Crippen LogP contribution in [0.3, 0.4) is 0 Å². The molecule has 0 atom stereocenters. The Morgan fingerprint density at radius 1 is 1.22 bits per heavy atom. The van der Waals surface area contributed by atoms with E-state index in [9.17, 15) is 4.79 Å². The zero-order valence-electron chi connectivity index (χ0n) is 16.3.